The number of anilines is 1. The molecule has 0 aliphatic carbocycles. The Balaban J connectivity index is 2.41. The molecular weight excluding hydrogens is 279 g/mol. The number of nitrogen functional groups attached to an aromatic ring is 1. The number of hydrogen-bond acceptors (Lipinski definition) is 4. The van der Waals surface area contributed by atoms with E-state index >= 15 is 0 Å². The normalized spacial score (nSPS) is 11.0. The van der Waals surface area contributed by atoms with E-state index in [4.69, 9.17) is 11.0 Å². The average molecular weight is 290 g/mol. The molecule has 2 aromatic carbocycles. The molecule has 0 aliphatic heterocycles. The maximum absolute atomic E-state index is 13.2. The summed E-state index contributed by atoms with van der Waals surface area (Å²) in [5.41, 5.74) is 6.24. The minimum Gasteiger partial charge on any atom is -0.399 e. The number of rotatable bonds is 3. The van der Waals surface area contributed by atoms with Gasteiger partial charge in [-0.25, -0.2) is 12.8 Å². The van der Waals surface area contributed by atoms with Crippen molar-refractivity contribution in [3.8, 4) is 6.07 Å². The molecule has 2 N–H and O–H groups in total. The van der Waals surface area contributed by atoms with E-state index in [-0.39, 0.29) is 16.0 Å². The Bertz CT molecular complexity index is 778. The maximum Gasteiger partial charge on any atom is 0.182 e. The van der Waals surface area contributed by atoms with Gasteiger partial charge in [0, 0.05) is 5.69 Å². The fourth-order valence-corrected chi connectivity index (χ4v) is 3.12. The third-order valence-electron chi connectivity index (χ3n) is 2.77. The first-order valence-electron chi connectivity index (χ1n) is 5.69. The van der Waals surface area contributed by atoms with E-state index in [1.165, 1.54) is 30.3 Å². The van der Waals surface area contributed by atoms with Gasteiger partial charge in [-0.1, -0.05) is 0 Å². The van der Waals surface area contributed by atoms with Gasteiger partial charge in [0.1, 0.15) is 5.82 Å². The van der Waals surface area contributed by atoms with E-state index in [2.05, 4.69) is 0 Å². The van der Waals surface area contributed by atoms with Crippen molar-refractivity contribution in [2.24, 2.45) is 0 Å². The molecule has 0 aliphatic rings. The molecule has 0 amide bonds. The number of nitrogens with zero attached hydrogens (tertiary/aromatic N) is 1. The summed E-state index contributed by atoms with van der Waals surface area (Å²) in [6.07, 6.45) is 0. The van der Waals surface area contributed by atoms with Crippen molar-refractivity contribution in [2.75, 3.05) is 5.73 Å². The van der Waals surface area contributed by atoms with Gasteiger partial charge in [-0.3, -0.25) is 0 Å². The summed E-state index contributed by atoms with van der Waals surface area (Å²) in [4.78, 5) is 0.0832. The molecule has 20 heavy (non-hydrogen) atoms. The second-order valence-corrected chi connectivity index (χ2v) is 6.23. The summed E-state index contributed by atoms with van der Waals surface area (Å²) < 4.78 is 37.6. The quantitative estimate of drug-likeness (QED) is 0.879. The van der Waals surface area contributed by atoms with Crippen LogP contribution in [0, 0.1) is 17.1 Å². The van der Waals surface area contributed by atoms with E-state index in [1.807, 2.05) is 6.07 Å². The Hall–Kier alpha value is -2.39. The molecule has 4 nitrogen and oxygen atoms in total. The van der Waals surface area contributed by atoms with Gasteiger partial charge >= 0.3 is 0 Å². The van der Waals surface area contributed by atoms with Crippen molar-refractivity contribution in [3.05, 3.63) is 59.4 Å². The summed E-state index contributed by atoms with van der Waals surface area (Å²) in [5.74, 6) is -1.01. The molecule has 0 radical (unpaired) electrons. The van der Waals surface area contributed by atoms with Gasteiger partial charge in [-0.2, -0.15) is 5.26 Å². The van der Waals surface area contributed by atoms with Crippen LogP contribution in [0.2, 0.25) is 0 Å². The third-order valence-corrected chi connectivity index (χ3v) is 4.45. The van der Waals surface area contributed by atoms with Gasteiger partial charge in [0.05, 0.1) is 22.3 Å². The molecule has 0 saturated carbocycles. The van der Waals surface area contributed by atoms with Crippen LogP contribution in [0.1, 0.15) is 11.1 Å². The predicted octanol–water partition coefficient (Wildman–Crippen LogP) is 2.25. The molecule has 0 aromatic heterocycles. The summed E-state index contributed by atoms with van der Waals surface area (Å²) in [6.45, 7) is 0. The number of nitrogens with two attached hydrogens (primary N) is 1. The van der Waals surface area contributed by atoms with Crippen LogP contribution >= 0.6 is 0 Å². The molecule has 0 unspecified atom stereocenters. The number of hydrogen-bond donors (Lipinski definition) is 1. The molecule has 0 fully saturated rings. The Morgan fingerprint density at radius 1 is 1.15 bits per heavy atom. The van der Waals surface area contributed by atoms with Crippen molar-refractivity contribution >= 4 is 15.5 Å². The molecule has 0 heterocycles. The smallest absolute Gasteiger partial charge is 0.182 e. The Kier molecular flexibility index (Phi) is 3.72. The van der Waals surface area contributed by atoms with E-state index in [0.717, 1.165) is 12.1 Å². The predicted molar refractivity (Wildman–Crippen MR) is 72.9 cm³/mol. The fourth-order valence-electron chi connectivity index (χ4n) is 1.75. The maximum atomic E-state index is 13.2. The molecule has 2 rings (SSSR count). The van der Waals surface area contributed by atoms with Gasteiger partial charge < -0.3 is 5.73 Å². The van der Waals surface area contributed by atoms with Crippen LogP contribution in [0.25, 0.3) is 0 Å². The molecule has 0 spiro atoms. The Morgan fingerprint density at radius 3 is 2.40 bits per heavy atom. The van der Waals surface area contributed by atoms with Crippen molar-refractivity contribution < 1.29 is 12.8 Å². The third kappa shape index (κ3) is 2.95. The molecule has 6 heteroatoms. The average Bonchev–Trinajstić information content (AvgIpc) is 2.39. The van der Waals surface area contributed by atoms with Crippen LogP contribution < -0.4 is 5.73 Å². The van der Waals surface area contributed by atoms with E-state index in [9.17, 15) is 12.8 Å². The van der Waals surface area contributed by atoms with Gasteiger partial charge in [0.15, 0.2) is 9.84 Å². The molecule has 0 saturated heterocycles. The van der Waals surface area contributed by atoms with E-state index in [0.29, 0.717) is 5.69 Å². The second-order valence-electron chi connectivity index (χ2n) is 4.24. The molecule has 0 bridgehead atoms. The number of sulfone groups is 1. The van der Waals surface area contributed by atoms with E-state index < -0.39 is 21.4 Å². The van der Waals surface area contributed by atoms with Crippen LogP contribution in [-0.2, 0) is 15.6 Å². The molecule has 102 valence electrons. The van der Waals surface area contributed by atoms with Crippen LogP contribution in [0.5, 0.6) is 0 Å². The highest BCUT2D eigenvalue weighted by Crippen LogP contribution is 2.20. The van der Waals surface area contributed by atoms with Crippen LogP contribution in [-0.4, -0.2) is 8.42 Å². The van der Waals surface area contributed by atoms with Crippen LogP contribution in [0.4, 0.5) is 10.1 Å². The summed E-state index contributed by atoms with van der Waals surface area (Å²) >= 11 is 0. The van der Waals surface area contributed by atoms with Crippen molar-refractivity contribution in [3.63, 3.8) is 0 Å². The van der Waals surface area contributed by atoms with Gasteiger partial charge in [0.25, 0.3) is 0 Å². The number of halogens is 1. The van der Waals surface area contributed by atoms with E-state index in [1.54, 1.807) is 0 Å². The number of benzene rings is 2. The summed E-state index contributed by atoms with van der Waals surface area (Å²) in [6, 6.07) is 11.0. The van der Waals surface area contributed by atoms with Gasteiger partial charge in [0.2, 0.25) is 0 Å². The largest absolute Gasteiger partial charge is 0.399 e. The SMILES string of the molecule is N#Cc1ccc(F)cc1CS(=O)(=O)c1ccc(N)cc1. The minimum atomic E-state index is -3.65. The highest BCUT2D eigenvalue weighted by atomic mass is 32.2. The van der Waals surface area contributed by atoms with Gasteiger partial charge in [-0.15, -0.1) is 0 Å². The Morgan fingerprint density at radius 2 is 1.80 bits per heavy atom. The highest BCUT2D eigenvalue weighted by Gasteiger charge is 2.17. The lowest BCUT2D eigenvalue weighted by molar-refractivity contribution is 0.594. The molecular formula is C14H11FN2O2S. The topological polar surface area (TPSA) is 84.0 Å². The zero-order valence-electron chi connectivity index (χ0n) is 10.4. The first kappa shape index (κ1) is 14.0. The van der Waals surface area contributed by atoms with Crippen molar-refractivity contribution in [1.82, 2.24) is 0 Å². The molecule has 0 atom stereocenters. The first-order chi connectivity index (χ1) is 9.42. The standard InChI is InChI=1S/C14H11FN2O2S/c15-12-2-1-10(8-16)11(7-12)9-20(18,19)14-5-3-13(17)4-6-14/h1-7H,9,17H2. The minimum absolute atomic E-state index is 0.0832. The molecule has 2 aromatic rings. The monoisotopic (exact) mass is 290 g/mol. The lowest BCUT2D eigenvalue weighted by Gasteiger charge is -2.07. The van der Waals surface area contributed by atoms with Crippen molar-refractivity contribution in [2.45, 2.75) is 10.6 Å². The van der Waals surface area contributed by atoms with Gasteiger partial charge in [-0.05, 0) is 48.0 Å². The summed E-state index contributed by atoms with van der Waals surface area (Å²) in [5, 5.41) is 8.93. The second kappa shape index (κ2) is 5.31. The fraction of sp³-hybridized carbons (Fsp3) is 0.0714. The van der Waals surface area contributed by atoms with Crippen LogP contribution in [0.15, 0.2) is 47.4 Å². The first-order valence-corrected chi connectivity index (χ1v) is 7.34. The zero-order valence-corrected chi connectivity index (χ0v) is 11.2. The lowest BCUT2D eigenvalue weighted by Crippen LogP contribution is -2.07. The highest BCUT2D eigenvalue weighted by molar-refractivity contribution is 7.90. The Labute approximate surface area is 116 Å². The zero-order chi connectivity index (χ0) is 14.8. The summed E-state index contributed by atoms with van der Waals surface area (Å²) in [7, 11) is -3.65. The van der Waals surface area contributed by atoms with Crippen LogP contribution in [0.3, 0.4) is 0 Å². The lowest BCUT2D eigenvalue weighted by atomic mass is 10.1. The van der Waals surface area contributed by atoms with Crippen molar-refractivity contribution in [1.29, 1.82) is 5.26 Å². The number of nitriles is 1.